The molecule has 1 aromatic heterocycles. The van der Waals surface area contributed by atoms with Crippen LogP contribution in [0.15, 0.2) is 16.5 Å². The highest BCUT2D eigenvalue weighted by molar-refractivity contribution is 5.37. The van der Waals surface area contributed by atoms with Gasteiger partial charge in [0.2, 0.25) is 5.76 Å². The Hall–Kier alpha value is -1.46. The van der Waals surface area contributed by atoms with E-state index in [1.54, 1.807) is 0 Å². The molecule has 0 aromatic carbocycles. The number of hydrogen-bond donors (Lipinski definition) is 0. The van der Waals surface area contributed by atoms with Gasteiger partial charge in [-0.25, -0.2) is 0 Å². The van der Waals surface area contributed by atoms with Crippen molar-refractivity contribution < 1.29 is 27.1 Å². The van der Waals surface area contributed by atoms with Crippen LogP contribution in [-0.4, -0.2) is 6.47 Å². The predicted molar refractivity (Wildman–Crippen MR) is 34.6 cm³/mol. The summed E-state index contributed by atoms with van der Waals surface area (Å²) in [5.41, 5.74) is 0. The standard InChI is InChI=1S/C7H5F3O3/c8-7(9,10)6-2-1-5(13-6)3-12-4-11/h1-2,4H,3H2. The number of rotatable bonds is 3. The molecule has 0 bridgehead atoms. The van der Waals surface area contributed by atoms with Crippen LogP contribution in [0.2, 0.25) is 0 Å². The van der Waals surface area contributed by atoms with Crippen molar-refractivity contribution in [2.75, 3.05) is 0 Å². The Morgan fingerprint density at radius 2 is 2.15 bits per heavy atom. The van der Waals surface area contributed by atoms with Gasteiger partial charge in [-0.2, -0.15) is 13.2 Å². The largest absolute Gasteiger partial charge is 0.460 e. The summed E-state index contributed by atoms with van der Waals surface area (Å²) >= 11 is 0. The van der Waals surface area contributed by atoms with Gasteiger partial charge in [0.05, 0.1) is 0 Å². The molecule has 0 radical (unpaired) electrons. The second kappa shape index (κ2) is 3.51. The average molecular weight is 194 g/mol. The van der Waals surface area contributed by atoms with Gasteiger partial charge in [0.25, 0.3) is 6.47 Å². The molecule has 6 heteroatoms. The van der Waals surface area contributed by atoms with Gasteiger partial charge in [0.1, 0.15) is 12.4 Å². The zero-order valence-corrected chi connectivity index (χ0v) is 6.30. The van der Waals surface area contributed by atoms with Gasteiger partial charge in [0, 0.05) is 0 Å². The molecule has 13 heavy (non-hydrogen) atoms. The van der Waals surface area contributed by atoms with E-state index in [9.17, 15) is 18.0 Å². The third-order valence-corrected chi connectivity index (χ3v) is 1.23. The van der Waals surface area contributed by atoms with Crippen LogP contribution in [0.1, 0.15) is 11.5 Å². The van der Waals surface area contributed by atoms with Crippen LogP contribution in [0.4, 0.5) is 13.2 Å². The van der Waals surface area contributed by atoms with Crippen molar-refractivity contribution in [1.82, 2.24) is 0 Å². The summed E-state index contributed by atoms with van der Waals surface area (Å²) in [5, 5.41) is 0. The van der Waals surface area contributed by atoms with Crippen molar-refractivity contribution >= 4 is 6.47 Å². The monoisotopic (exact) mass is 194 g/mol. The van der Waals surface area contributed by atoms with Crippen LogP contribution in [0.25, 0.3) is 0 Å². The highest BCUT2D eigenvalue weighted by Crippen LogP contribution is 2.30. The van der Waals surface area contributed by atoms with E-state index in [2.05, 4.69) is 9.15 Å². The maximum Gasteiger partial charge on any atom is 0.449 e. The third-order valence-electron chi connectivity index (χ3n) is 1.23. The molecular weight excluding hydrogens is 189 g/mol. The molecule has 0 unspecified atom stereocenters. The van der Waals surface area contributed by atoms with E-state index in [1.165, 1.54) is 0 Å². The first-order valence-electron chi connectivity index (χ1n) is 3.25. The van der Waals surface area contributed by atoms with E-state index in [1.807, 2.05) is 0 Å². The third kappa shape index (κ3) is 2.50. The topological polar surface area (TPSA) is 39.4 Å². The minimum Gasteiger partial charge on any atom is -0.460 e. The fraction of sp³-hybridized carbons (Fsp3) is 0.286. The predicted octanol–water partition coefficient (Wildman–Crippen LogP) is 1.97. The van der Waals surface area contributed by atoms with Crippen molar-refractivity contribution in [2.45, 2.75) is 12.8 Å². The smallest absolute Gasteiger partial charge is 0.449 e. The van der Waals surface area contributed by atoms with E-state index in [4.69, 9.17) is 0 Å². The van der Waals surface area contributed by atoms with Gasteiger partial charge in [-0.05, 0) is 12.1 Å². The Morgan fingerprint density at radius 3 is 2.62 bits per heavy atom. The first-order chi connectivity index (χ1) is 6.04. The Bertz CT molecular complexity index is 289. The highest BCUT2D eigenvalue weighted by Gasteiger charge is 2.34. The molecule has 0 saturated carbocycles. The zero-order chi connectivity index (χ0) is 9.90. The Kier molecular flexibility index (Phi) is 2.60. The minimum atomic E-state index is -4.50. The first-order valence-corrected chi connectivity index (χ1v) is 3.25. The molecule has 0 spiro atoms. The van der Waals surface area contributed by atoms with Crippen LogP contribution >= 0.6 is 0 Å². The molecule has 1 aromatic rings. The van der Waals surface area contributed by atoms with E-state index >= 15 is 0 Å². The van der Waals surface area contributed by atoms with Gasteiger partial charge < -0.3 is 9.15 Å². The molecule has 0 aliphatic carbocycles. The van der Waals surface area contributed by atoms with E-state index < -0.39 is 11.9 Å². The summed E-state index contributed by atoms with van der Waals surface area (Å²) in [4.78, 5) is 9.70. The number of carbonyl (C=O) groups is 1. The molecule has 1 rings (SSSR count). The van der Waals surface area contributed by atoms with Gasteiger partial charge in [0.15, 0.2) is 0 Å². The lowest BCUT2D eigenvalue weighted by atomic mass is 10.4. The number of carbonyl (C=O) groups excluding carboxylic acids is 1. The normalized spacial score (nSPS) is 11.3. The maximum absolute atomic E-state index is 11.9. The number of alkyl halides is 3. The number of halogens is 3. The van der Waals surface area contributed by atoms with Crippen molar-refractivity contribution in [3.05, 3.63) is 23.7 Å². The Labute approximate surface area is 71.1 Å². The lowest BCUT2D eigenvalue weighted by molar-refractivity contribution is -0.153. The fourth-order valence-electron chi connectivity index (χ4n) is 0.724. The van der Waals surface area contributed by atoms with Crippen LogP contribution in [-0.2, 0) is 22.3 Å². The van der Waals surface area contributed by atoms with Crippen LogP contribution in [0.3, 0.4) is 0 Å². The number of hydrogen-bond acceptors (Lipinski definition) is 3. The maximum atomic E-state index is 11.9. The second-order valence-corrected chi connectivity index (χ2v) is 2.17. The minimum absolute atomic E-state index is 0.0422. The molecule has 0 saturated heterocycles. The van der Waals surface area contributed by atoms with E-state index in [0.29, 0.717) is 0 Å². The summed E-state index contributed by atoms with van der Waals surface area (Å²) in [5.74, 6) is -1.14. The lowest BCUT2D eigenvalue weighted by Crippen LogP contribution is -2.02. The van der Waals surface area contributed by atoms with Crippen molar-refractivity contribution in [3.8, 4) is 0 Å². The van der Waals surface area contributed by atoms with Crippen molar-refractivity contribution in [1.29, 1.82) is 0 Å². The van der Waals surface area contributed by atoms with E-state index in [-0.39, 0.29) is 18.8 Å². The molecule has 0 N–H and O–H groups in total. The molecule has 1 heterocycles. The summed E-state index contributed by atoms with van der Waals surface area (Å²) in [6.45, 7) is -0.157. The lowest BCUT2D eigenvalue weighted by Gasteiger charge is -2.00. The van der Waals surface area contributed by atoms with Crippen LogP contribution in [0, 0.1) is 0 Å². The molecule has 0 atom stereocenters. The first kappa shape index (κ1) is 9.63. The molecule has 3 nitrogen and oxygen atoms in total. The Morgan fingerprint density at radius 1 is 1.46 bits per heavy atom. The van der Waals surface area contributed by atoms with Crippen molar-refractivity contribution in [2.24, 2.45) is 0 Å². The molecule has 0 aliphatic heterocycles. The molecule has 72 valence electrons. The molecular formula is C7H5F3O3. The van der Waals surface area contributed by atoms with Crippen LogP contribution < -0.4 is 0 Å². The fourth-order valence-corrected chi connectivity index (χ4v) is 0.724. The van der Waals surface area contributed by atoms with Gasteiger partial charge in [-0.3, -0.25) is 4.79 Å². The SMILES string of the molecule is O=COCc1ccc(C(F)(F)F)o1. The molecule has 0 amide bonds. The van der Waals surface area contributed by atoms with Gasteiger partial charge in [-0.1, -0.05) is 0 Å². The number of furan rings is 1. The number of ether oxygens (including phenoxy) is 1. The average Bonchev–Trinajstić information content (AvgIpc) is 2.47. The quantitative estimate of drug-likeness (QED) is 0.690. The van der Waals surface area contributed by atoms with E-state index in [0.717, 1.165) is 12.1 Å². The van der Waals surface area contributed by atoms with Gasteiger partial charge >= 0.3 is 6.18 Å². The summed E-state index contributed by atoms with van der Waals surface area (Å²) in [6, 6.07) is 1.88. The second-order valence-electron chi connectivity index (χ2n) is 2.17. The summed E-state index contributed by atoms with van der Waals surface area (Å²) in [7, 11) is 0. The summed E-state index contributed by atoms with van der Waals surface area (Å²) in [6.07, 6.45) is -4.50. The van der Waals surface area contributed by atoms with Gasteiger partial charge in [-0.15, -0.1) is 0 Å². The molecule has 0 fully saturated rings. The zero-order valence-electron chi connectivity index (χ0n) is 6.30. The highest BCUT2D eigenvalue weighted by atomic mass is 19.4. The van der Waals surface area contributed by atoms with Crippen molar-refractivity contribution in [3.63, 3.8) is 0 Å². The summed E-state index contributed by atoms with van der Waals surface area (Å²) < 4.78 is 44.3. The van der Waals surface area contributed by atoms with Crippen LogP contribution in [0.5, 0.6) is 0 Å². The molecule has 0 aliphatic rings. The Balaban J connectivity index is 2.69.